The van der Waals surface area contributed by atoms with Crippen molar-refractivity contribution >= 4 is 24.0 Å². The van der Waals surface area contributed by atoms with Gasteiger partial charge in [-0.3, -0.25) is 4.79 Å². The molecule has 0 atom stereocenters. The van der Waals surface area contributed by atoms with Gasteiger partial charge in [0.05, 0.1) is 5.69 Å². The van der Waals surface area contributed by atoms with Crippen LogP contribution in [0.3, 0.4) is 0 Å². The number of rotatable bonds is 3. The van der Waals surface area contributed by atoms with E-state index in [-0.39, 0.29) is 11.9 Å². The highest BCUT2D eigenvalue weighted by Gasteiger charge is 2.09. The predicted molar refractivity (Wildman–Crippen MR) is 63.8 cm³/mol. The van der Waals surface area contributed by atoms with Crippen molar-refractivity contribution in [2.75, 3.05) is 16.8 Å². The maximum absolute atomic E-state index is 10.5. The molecule has 0 aliphatic carbocycles. The number of nitrogen functional groups attached to an aromatic ring is 2. The highest BCUT2D eigenvalue weighted by molar-refractivity contribution is 5.82. The van der Waals surface area contributed by atoms with Crippen LogP contribution in [-0.4, -0.2) is 21.4 Å². The Labute approximate surface area is 96.9 Å². The number of nitrogens with one attached hydrogen (secondary N) is 1. The summed E-state index contributed by atoms with van der Waals surface area (Å²) in [6.45, 7) is 0. The second-order valence-electron chi connectivity index (χ2n) is 3.18. The Hall–Kier alpha value is -2.70. The summed E-state index contributed by atoms with van der Waals surface area (Å²) in [6, 6.07) is 7.05. The molecule has 7 heteroatoms. The Kier molecular flexibility index (Phi) is 2.82. The SMILES string of the molecule is Nc1nc(N)nc(-c2ccccc2NC=O)n1. The zero-order valence-electron chi connectivity index (χ0n) is 8.79. The summed E-state index contributed by atoms with van der Waals surface area (Å²) in [5.41, 5.74) is 12.2. The van der Waals surface area contributed by atoms with Crippen LogP contribution < -0.4 is 16.8 Å². The molecule has 86 valence electrons. The average Bonchev–Trinajstić information content (AvgIpc) is 2.29. The van der Waals surface area contributed by atoms with Crippen molar-refractivity contribution in [2.24, 2.45) is 0 Å². The summed E-state index contributed by atoms with van der Waals surface area (Å²) in [5, 5.41) is 2.55. The van der Waals surface area contributed by atoms with Gasteiger partial charge in [0, 0.05) is 5.56 Å². The lowest BCUT2D eigenvalue weighted by molar-refractivity contribution is -0.105. The minimum atomic E-state index is 0.0356. The zero-order valence-corrected chi connectivity index (χ0v) is 8.79. The lowest BCUT2D eigenvalue weighted by Gasteiger charge is -2.07. The third kappa shape index (κ3) is 2.28. The van der Waals surface area contributed by atoms with E-state index in [4.69, 9.17) is 11.5 Å². The van der Waals surface area contributed by atoms with Crippen LogP contribution in [0.1, 0.15) is 0 Å². The number of hydrogen-bond acceptors (Lipinski definition) is 6. The number of anilines is 3. The van der Waals surface area contributed by atoms with Crippen molar-refractivity contribution in [2.45, 2.75) is 0 Å². The second kappa shape index (κ2) is 4.44. The molecule has 0 saturated heterocycles. The molecule has 0 aliphatic rings. The number of hydrogen-bond donors (Lipinski definition) is 3. The smallest absolute Gasteiger partial charge is 0.225 e. The molecule has 1 amide bonds. The average molecular weight is 230 g/mol. The maximum Gasteiger partial charge on any atom is 0.225 e. The van der Waals surface area contributed by atoms with Gasteiger partial charge in [0.15, 0.2) is 5.82 Å². The van der Waals surface area contributed by atoms with Gasteiger partial charge >= 0.3 is 0 Å². The Morgan fingerprint density at radius 3 is 2.35 bits per heavy atom. The fraction of sp³-hybridized carbons (Fsp3) is 0. The molecule has 0 spiro atoms. The van der Waals surface area contributed by atoms with Crippen LogP contribution in [0.25, 0.3) is 11.4 Å². The fourth-order valence-corrected chi connectivity index (χ4v) is 1.40. The van der Waals surface area contributed by atoms with E-state index in [1.165, 1.54) is 0 Å². The standard InChI is InChI=1S/C10H10N6O/c11-9-14-8(15-10(12)16-9)6-3-1-2-4-7(6)13-5-17/h1-5H,(H,13,17)(H4,11,12,14,15,16). The minimum absolute atomic E-state index is 0.0356. The fourth-order valence-electron chi connectivity index (χ4n) is 1.40. The summed E-state index contributed by atoms with van der Waals surface area (Å²) >= 11 is 0. The monoisotopic (exact) mass is 230 g/mol. The van der Waals surface area contributed by atoms with Gasteiger partial charge in [-0.15, -0.1) is 0 Å². The van der Waals surface area contributed by atoms with Crippen LogP contribution >= 0.6 is 0 Å². The topological polar surface area (TPSA) is 120 Å². The van der Waals surface area contributed by atoms with E-state index < -0.39 is 0 Å². The second-order valence-corrected chi connectivity index (χ2v) is 3.18. The Bertz CT molecular complexity index is 536. The molecule has 1 heterocycles. The number of nitrogens with two attached hydrogens (primary N) is 2. The van der Waals surface area contributed by atoms with Gasteiger partial charge in [-0.1, -0.05) is 12.1 Å². The van der Waals surface area contributed by atoms with Gasteiger partial charge in [-0.2, -0.15) is 15.0 Å². The van der Waals surface area contributed by atoms with E-state index >= 15 is 0 Å². The van der Waals surface area contributed by atoms with Gasteiger partial charge in [0.2, 0.25) is 18.3 Å². The van der Waals surface area contributed by atoms with Crippen molar-refractivity contribution in [1.82, 2.24) is 15.0 Å². The number of nitrogens with zero attached hydrogens (tertiary/aromatic N) is 3. The largest absolute Gasteiger partial charge is 0.368 e. The molecule has 0 unspecified atom stereocenters. The lowest BCUT2D eigenvalue weighted by Crippen LogP contribution is -2.05. The molecule has 7 nitrogen and oxygen atoms in total. The Balaban J connectivity index is 2.55. The molecule has 0 fully saturated rings. The van der Waals surface area contributed by atoms with Gasteiger partial charge in [-0.05, 0) is 12.1 Å². The molecule has 0 radical (unpaired) electrons. The van der Waals surface area contributed by atoms with Crippen molar-refractivity contribution in [3.63, 3.8) is 0 Å². The van der Waals surface area contributed by atoms with Crippen LogP contribution in [0.15, 0.2) is 24.3 Å². The predicted octanol–water partition coefficient (Wildman–Crippen LogP) is 0.271. The zero-order chi connectivity index (χ0) is 12.3. The molecule has 1 aromatic heterocycles. The van der Waals surface area contributed by atoms with Crippen LogP contribution in [0, 0.1) is 0 Å². The van der Waals surface area contributed by atoms with E-state index in [1.54, 1.807) is 24.3 Å². The maximum atomic E-state index is 10.5. The van der Waals surface area contributed by atoms with Gasteiger partial charge in [-0.25, -0.2) is 0 Å². The summed E-state index contributed by atoms with van der Waals surface area (Å²) in [4.78, 5) is 22.1. The number of para-hydroxylation sites is 1. The van der Waals surface area contributed by atoms with Crippen molar-refractivity contribution in [3.05, 3.63) is 24.3 Å². The van der Waals surface area contributed by atoms with Gasteiger partial charge in [0.1, 0.15) is 0 Å². The number of carbonyl (C=O) groups is 1. The third-order valence-corrected chi connectivity index (χ3v) is 2.05. The highest BCUT2D eigenvalue weighted by Crippen LogP contribution is 2.24. The van der Waals surface area contributed by atoms with E-state index in [2.05, 4.69) is 20.3 Å². The van der Waals surface area contributed by atoms with Crippen molar-refractivity contribution < 1.29 is 4.79 Å². The van der Waals surface area contributed by atoms with E-state index in [0.29, 0.717) is 23.5 Å². The molecular weight excluding hydrogens is 220 g/mol. The number of benzene rings is 1. The van der Waals surface area contributed by atoms with Crippen LogP contribution in [0.5, 0.6) is 0 Å². The molecule has 0 aliphatic heterocycles. The lowest BCUT2D eigenvalue weighted by atomic mass is 10.1. The quantitative estimate of drug-likeness (QED) is 0.651. The normalized spacial score (nSPS) is 9.88. The first kappa shape index (κ1) is 10.8. The molecule has 2 aromatic rings. The summed E-state index contributed by atoms with van der Waals surface area (Å²) in [6.07, 6.45) is 0.576. The molecular formula is C10H10N6O. The Morgan fingerprint density at radius 2 is 1.71 bits per heavy atom. The third-order valence-electron chi connectivity index (χ3n) is 2.05. The number of carbonyl (C=O) groups excluding carboxylic acids is 1. The first-order valence-electron chi connectivity index (χ1n) is 4.77. The number of amides is 1. The summed E-state index contributed by atoms with van der Waals surface area (Å²) < 4.78 is 0. The van der Waals surface area contributed by atoms with Crippen LogP contribution in [0.4, 0.5) is 17.6 Å². The van der Waals surface area contributed by atoms with Crippen molar-refractivity contribution in [3.8, 4) is 11.4 Å². The molecule has 1 aromatic carbocycles. The van der Waals surface area contributed by atoms with Gasteiger partial charge < -0.3 is 16.8 Å². The minimum Gasteiger partial charge on any atom is -0.368 e. The summed E-state index contributed by atoms with van der Waals surface area (Å²) in [7, 11) is 0. The van der Waals surface area contributed by atoms with Gasteiger partial charge in [0.25, 0.3) is 0 Å². The molecule has 17 heavy (non-hydrogen) atoms. The number of aromatic nitrogens is 3. The highest BCUT2D eigenvalue weighted by atomic mass is 16.1. The van der Waals surface area contributed by atoms with Crippen LogP contribution in [0.2, 0.25) is 0 Å². The van der Waals surface area contributed by atoms with E-state index in [9.17, 15) is 4.79 Å². The first-order valence-corrected chi connectivity index (χ1v) is 4.77. The summed E-state index contributed by atoms with van der Waals surface area (Å²) in [5.74, 6) is 0.391. The first-order chi connectivity index (χ1) is 8.20. The molecule has 5 N–H and O–H groups in total. The Morgan fingerprint density at radius 1 is 1.06 bits per heavy atom. The molecule has 0 saturated carbocycles. The van der Waals surface area contributed by atoms with Crippen molar-refractivity contribution in [1.29, 1.82) is 0 Å². The molecule has 0 bridgehead atoms. The van der Waals surface area contributed by atoms with E-state index in [0.717, 1.165) is 0 Å². The molecule has 2 rings (SSSR count). The van der Waals surface area contributed by atoms with Crippen LogP contribution in [-0.2, 0) is 4.79 Å². The van der Waals surface area contributed by atoms with E-state index in [1.807, 2.05) is 0 Å².